The van der Waals surface area contributed by atoms with Crippen LogP contribution in [0.4, 0.5) is 0 Å². The summed E-state index contributed by atoms with van der Waals surface area (Å²) >= 11 is 0. The highest BCUT2D eigenvalue weighted by molar-refractivity contribution is 5.80. The lowest BCUT2D eigenvalue weighted by atomic mass is 10.1. The van der Waals surface area contributed by atoms with E-state index in [1.165, 1.54) is 0 Å². The molecule has 4 rings (SSSR count). The Hall–Kier alpha value is -4.74. The molecule has 10 heteroatoms. The van der Waals surface area contributed by atoms with Crippen molar-refractivity contribution in [2.24, 2.45) is 0 Å². The highest BCUT2D eigenvalue weighted by atomic mass is 16.6. The van der Waals surface area contributed by atoms with Crippen LogP contribution in [0.15, 0.2) is 97.1 Å². The zero-order chi connectivity index (χ0) is 35.9. The second-order valence-electron chi connectivity index (χ2n) is 12.2. The molecule has 0 aromatic heterocycles. The number of benzene rings is 4. The van der Waals surface area contributed by atoms with Crippen molar-refractivity contribution in [1.82, 2.24) is 0 Å². The number of carbonyl (C=O) groups is 2. The first-order valence-corrected chi connectivity index (χ1v) is 16.7. The van der Waals surface area contributed by atoms with Gasteiger partial charge in [0.2, 0.25) is 0 Å². The third-order valence-electron chi connectivity index (χ3n) is 7.29. The average Bonchev–Trinajstić information content (AvgIpc) is 3.11. The third-order valence-corrected chi connectivity index (χ3v) is 7.29. The fraction of sp³-hybridized carbons (Fsp3) is 0.350. The van der Waals surface area contributed by atoms with Crippen molar-refractivity contribution >= 4 is 11.9 Å². The van der Waals surface area contributed by atoms with Crippen LogP contribution in [0.2, 0.25) is 0 Å². The topological polar surface area (TPSA) is 130 Å². The van der Waals surface area contributed by atoms with Crippen LogP contribution in [0.5, 0.6) is 23.0 Å². The van der Waals surface area contributed by atoms with E-state index in [-0.39, 0.29) is 38.3 Å². The van der Waals surface area contributed by atoms with Gasteiger partial charge in [-0.15, -0.1) is 0 Å². The molecule has 10 nitrogen and oxygen atoms in total. The molecule has 0 saturated heterocycles. The van der Waals surface area contributed by atoms with Gasteiger partial charge in [0.15, 0.2) is 0 Å². The lowest BCUT2D eigenvalue weighted by Gasteiger charge is -2.15. The Kier molecular flexibility index (Phi) is 14.8. The Morgan fingerprint density at radius 1 is 0.460 bits per heavy atom. The molecule has 4 aromatic carbocycles. The first kappa shape index (κ1) is 38.1. The SMILES string of the molecule is CC(O)COC(C)COc1ccc(-c2ccc(OC(=O)CCC(=O)Oc3ccc(-c4ccc(OCC(C)OCC(C)O)cc4)cc3)cc2)cc1. The molecule has 0 aliphatic rings. The van der Waals surface area contributed by atoms with E-state index in [0.717, 1.165) is 22.3 Å². The van der Waals surface area contributed by atoms with Crippen LogP contribution in [-0.4, -0.2) is 73.0 Å². The summed E-state index contributed by atoms with van der Waals surface area (Å²) in [6.45, 7) is 8.38. The van der Waals surface area contributed by atoms with Gasteiger partial charge in [-0.25, -0.2) is 0 Å². The van der Waals surface area contributed by atoms with Crippen molar-refractivity contribution in [3.8, 4) is 45.3 Å². The third kappa shape index (κ3) is 13.3. The standard InChI is InChI=1S/C40H46O10/c1-27(41)23-45-29(3)25-47-35-13-5-31(6-14-35)33-9-17-37(18-10-33)49-39(43)21-22-40(44)50-38-19-11-34(12-20-38)32-7-15-36(16-8-32)48-26-30(4)46-24-28(2)42/h5-20,27-30,41-42H,21-26H2,1-4H3. The Morgan fingerprint density at radius 3 is 1.02 bits per heavy atom. The quantitative estimate of drug-likeness (QED) is 0.0818. The molecule has 4 aromatic rings. The van der Waals surface area contributed by atoms with E-state index in [1.54, 1.807) is 38.1 Å². The lowest BCUT2D eigenvalue weighted by Crippen LogP contribution is -2.22. The van der Waals surface area contributed by atoms with Crippen LogP contribution in [0.3, 0.4) is 0 Å². The molecule has 4 unspecified atom stereocenters. The number of carbonyl (C=O) groups excluding carboxylic acids is 2. The molecule has 0 spiro atoms. The van der Waals surface area contributed by atoms with Gasteiger partial charge < -0.3 is 38.6 Å². The van der Waals surface area contributed by atoms with E-state index in [0.29, 0.717) is 36.2 Å². The Labute approximate surface area is 293 Å². The van der Waals surface area contributed by atoms with Crippen LogP contribution in [-0.2, 0) is 19.1 Å². The summed E-state index contributed by atoms with van der Waals surface area (Å²) in [5.41, 5.74) is 3.81. The summed E-state index contributed by atoms with van der Waals surface area (Å²) < 4.78 is 33.4. The minimum absolute atomic E-state index is 0.122. The van der Waals surface area contributed by atoms with Gasteiger partial charge in [-0.1, -0.05) is 48.5 Å². The normalized spacial score (nSPS) is 13.5. The molecule has 0 aliphatic carbocycles. The van der Waals surface area contributed by atoms with E-state index in [2.05, 4.69) is 0 Å². The highest BCUT2D eigenvalue weighted by Crippen LogP contribution is 2.27. The predicted molar refractivity (Wildman–Crippen MR) is 189 cm³/mol. The molecule has 0 bridgehead atoms. The minimum atomic E-state index is -0.535. The fourth-order valence-electron chi connectivity index (χ4n) is 4.62. The maximum Gasteiger partial charge on any atom is 0.311 e. The lowest BCUT2D eigenvalue weighted by molar-refractivity contribution is -0.140. The summed E-state index contributed by atoms with van der Waals surface area (Å²) in [4.78, 5) is 24.8. The van der Waals surface area contributed by atoms with Crippen LogP contribution < -0.4 is 18.9 Å². The molecule has 0 fully saturated rings. The molecule has 0 amide bonds. The zero-order valence-corrected chi connectivity index (χ0v) is 29.0. The summed E-state index contributed by atoms with van der Waals surface area (Å²) in [6.07, 6.45) is -1.58. The van der Waals surface area contributed by atoms with Gasteiger partial charge in [0.1, 0.15) is 36.2 Å². The summed E-state index contributed by atoms with van der Waals surface area (Å²) in [6, 6.07) is 29.4. The number of hydrogen-bond acceptors (Lipinski definition) is 10. The van der Waals surface area contributed by atoms with Crippen LogP contribution in [0, 0.1) is 0 Å². The number of rotatable bonds is 19. The molecule has 4 atom stereocenters. The molecule has 0 aliphatic heterocycles. The highest BCUT2D eigenvalue weighted by Gasteiger charge is 2.13. The maximum absolute atomic E-state index is 12.4. The van der Waals surface area contributed by atoms with Crippen molar-refractivity contribution < 1.29 is 48.2 Å². The van der Waals surface area contributed by atoms with Crippen molar-refractivity contribution in [3.05, 3.63) is 97.1 Å². The minimum Gasteiger partial charge on any atom is -0.491 e. The Balaban J connectivity index is 1.16. The first-order chi connectivity index (χ1) is 24.0. The zero-order valence-electron chi connectivity index (χ0n) is 29.0. The van der Waals surface area contributed by atoms with Gasteiger partial charge in [0, 0.05) is 0 Å². The molecular weight excluding hydrogens is 640 g/mol. The largest absolute Gasteiger partial charge is 0.491 e. The van der Waals surface area contributed by atoms with Gasteiger partial charge >= 0.3 is 11.9 Å². The molecule has 0 saturated carbocycles. The summed E-state index contributed by atoms with van der Waals surface area (Å²) in [5, 5.41) is 18.7. The second kappa shape index (κ2) is 19.4. The number of esters is 2. The van der Waals surface area contributed by atoms with Crippen molar-refractivity contribution in [3.63, 3.8) is 0 Å². The molecule has 266 valence electrons. The summed E-state index contributed by atoms with van der Waals surface area (Å²) in [7, 11) is 0. The van der Waals surface area contributed by atoms with Crippen molar-refractivity contribution in [1.29, 1.82) is 0 Å². The fourth-order valence-corrected chi connectivity index (χ4v) is 4.62. The number of hydrogen-bond donors (Lipinski definition) is 2. The van der Waals surface area contributed by atoms with Gasteiger partial charge in [-0.3, -0.25) is 9.59 Å². The van der Waals surface area contributed by atoms with Crippen molar-refractivity contribution in [2.75, 3.05) is 26.4 Å². The van der Waals surface area contributed by atoms with E-state index >= 15 is 0 Å². The van der Waals surface area contributed by atoms with Gasteiger partial charge in [0.25, 0.3) is 0 Å². The number of aliphatic hydroxyl groups excluding tert-OH is 2. The second-order valence-corrected chi connectivity index (χ2v) is 12.2. The molecule has 50 heavy (non-hydrogen) atoms. The van der Waals surface area contributed by atoms with Crippen LogP contribution >= 0.6 is 0 Å². The average molecular weight is 687 g/mol. The molecule has 0 heterocycles. The van der Waals surface area contributed by atoms with Crippen molar-refractivity contribution in [2.45, 2.75) is 65.0 Å². The molecular formula is C40H46O10. The first-order valence-electron chi connectivity index (χ1n) is 16.7. The maximum atomic E-state index is 12.4. The monoisotopic (exact) mass is 686 g/mol. The number of ether oxygens (including phenoxy) is 6. The Morgan fingerprint density at radius 2 is 0.740 bits per heavy atom. The van der Waals surface area contributed by atoms with E-state index in [9.17, 15) is 19.8 Å². The van der Waals surface area contributed by atoms with Gasteiger partial charge in [-0.2, -0.15) is 0 Å². The van der Waals surface area contributed by atoms with Crippen LogP contribution in [0.1, 0.15) is 40.5 Å². The van der Waals surface area contributed by atoms with E-state index in [1.807, 2.05) is 86.6 Å². The number of aliphatic hydroxyl groups is 2. The summed E-state index contributed by atoms with van der Waals surface area (Å²) in [5.74, 6) is 1.10. The smallest absolute Gasteiger partial charge is 0.311 e. The van der Waals surface area contributed by atoms with Gasteiger partial charge in [0.05, 0.1) is 50.5 Å². The van der Waals surface area contributed by atoms with E-state index in [4.69, 9.17) is 28.4 Å². The van der Waals surface area contributed by atoms with E-state index < -0.39 is 24.1 Å². The van der Waals surface area contributed by atoms with Gasteiger partial charge in [-0.05, 0) is 98.5 Å². The Bertz CT molecular complexity index is 1480. The van der Waals surface area contributed by atoms with Crippen LogP contribution in [0.25, 0.3) is 22.3 Å². The molecule has 2 N–H and O–H groups in total. The molecule has 0 radical (unpaired) electrons. The predicted octanol–water partition coefficient (Wildman–Crippen LogP) is 6.64.